The highest BCUT2D eigenvalue weighted by Gasteiger charge is 2.30. The van der Waals surface area contributed by atoms with Gasteiger partial charge in [0.15, 0.2) is 0 Å². The zero-order valence-corrected chi connectivity index (χ0v) is 10.4. The van der Waals surface area contributed by atoms with E-state index in [0.29, 0.717) is 5.69 Å². The van der Waals surface area contributed by atoms with Crippen molar-refractivity contribution < 1.29 is 20.1 Å². The molecule has 0 saturated carbocycles. The lowest BCUT2D eigenvalue weighted by molar-refractivity contribution is -0.576. The number of aromatic carboxylic acids is 1. The Morgan fingerprint density at radius 1 is 1.33 bits per heavy atom. The monoisotopic (exact) mass is 253 g/mol. The standard InChI is InChI=1S/C11H15N3O4/c1-11(2,3)13(14(18)12-17)9-6-4-8(5-7-9)10(15)16/h4-7,17H,1-3H3,(H,15,16)/b14-12-. The van der Waals surface area contributed by atoms with Gasteiger partial charge in [-0.2, -0.15) is 0 Å². The summed E-state index contributed by atoms with van der Waals surface area (Å²) in [6.07, 6.45) is 0. The summed E-state index contributed by atoms with van der Waals surface area (Å²) in [6, 6.07) is 5.71. The largest absolute Gasteiger partial charge is 0.569 e. The van der Waals surface area contributed by atoms with E-state index in [0.717, 1.165) is 0 Å². The normalized spacial score (nSPS) is 12.3. The van der Waals surface area contributed by atoms with Crippen molar-refractivity contribution in [3.8, 4) is 0 Å². The Morgan fingerprint density at radius 2 is 1.83 bits per heavy atom. The second-order valence-electron chi connectivity index (χ2n) is 4.68. The number of carboxylic acid groups (broad SMARTS) is 1. The highest BCUT2D eigenvalue weighted by molar-refractivity contribution is 5.88. The van der Waals surface area contributed by atoms with E-state index in [-0.39, 0.29) is 10.5 Å². The maximum Gasteiger partial charge on any atom is 0.335 e. The van der Waals surface area contributed by atoms with E-state index in [4.69, 9.17) is 10.3 Å². The Kier molecular flexibility index (Phi) is 3.75. The molecule has 0 aliphatic rings. The lowest BCUT2D eigenvalue weighted by Crippen LogP contribution is -2.46. The van der Waals surface area contributed by atoms with Crippen LogP contribution in [0.5, 0.6) is 0 Å². The van der Waals surface area contributed by atoms with E-state index in [9.17, 15) is 10.0 Å². The molecule has 98 valence electrons. The van der Waals surface area contributed by atoms with Crippen molar-refractivity contribution in [3.05, 3.63) is 35.0 Å². The first-order valence-corrected chi connectivity index (χ1v) is 5.23. The van der Waals surface area contributed by atoms with Gasteiger partial charge in [0.25, 0.3) is 0 Å². The third-order valence-electron chi connectivity index (χ3n) is 2.24. The first-order valence-electron chi connectivity index (χ1n) is 5.23. The molecule has 1 aromatic carbocycles. The number of nitrogens with zero attached hydrogens (tertiary/aromatic N) is 3. The quantitative estimate of drug-likeness (QED) is 0.489. The number of anilines is 1. The Bertz CT molecular complexity index is 462. The number of hydrogen-bond donors (Lipinski definition) is 2. The molecular weight excluding hydrogens is 238 g/mol. The molecule has 1 aromatic rings. The topological polar surface area (TPSA) is 99.2 Å². The summed E-state index contributed by atoms with van der Waals surface area (Å²) in [6.45, 7) is 5.27. The third-order valence-corrected chi connectivity index (χ3v) is 2.24. The predicted octanol–water partition coefficient (Wildman–Crippen LogP) is 2.26. The Morgan fingerprint density at radius 3 is 2.17 bits per heavy atom. The fourth-order valence-corrected chi connectivity index (χ4v) is 1.53. The van der Waals surface area contributed by atoms with Crippen molar-refractivity contribution in [2.24, 2.45) is 5.28 Å². The molecule has 7 heteroatoms. The lowest BCUT2D eigenvalue weighted by atomic mass is 10.1. The fourth-order valence-electron chi connectivity index (χ4n) is 1.53. The molecule has 0 bridgehead atoms. The lowest BCUT2D eigenvalue weighted by Gasteiger charge is -2.29. The molecule has 0 aromatic heterocycles. The summed E-state index contributed by atoms with van der Waals surface area (Å²) in [5.41, 5.74) is -0.0788. The van der Waals surface area contributed by atoms with Gasteiger partial charge in [-0.1, -0.05) is 0 Å². The van der Waals surface area contributed by atoms with Crippen molar-refractivity contribution in [3.63, 3.8) is 0 Å². The molecule has 7 nitrogen and oxygen atoms in total. The number of benzene rings is 1. The molecule has 0 saturated heterocycles. The van der Waals surface area contributed by atoms with Crippen LogP contribution < -0.4 is 5.01 Å². The average molecular weight is 253 g/mol. The predicted molar refractivity (Wildman–Crippen MR) is 63.5 cm³/mol. The molecule has 0 spiro atoms. The minimum Gasteiger partial charge on any atom is -0.569 e. The van der Waals surface area contributed by atoms with E-state index < -0.39 is 11.5 Å². The Hall–Kier alpha value is -2.31. The molecule has 1 rings (SSSR count). The number of rotatable bonds is 3. The molecular formula is C11H15N3O4. The van der Waals surface area contributed by atoms with Gasteiger partial charge in [0.1, 0.15) is 5.69 Å². The van der Waals surface area contributed by atoms with Crippen LogP contribution >= 0.6 is 0 Å². The SMILES string of the molecule is CC(C)(C)N(c1ccc(C(=O)O)cc1)/[N+]([O-])=N/O. The van der Waals surface area contributed by atoms with Gasteiger partial charge in [-0.15, -0.1) is 5.01 Å². The maximum absolute atomic E-state index is 11.5. The van der Waals surface area contributed by atoms with E-state index in [1.165, 1.54) is 29.3 Å². The molecule has 18 heavy (non-hydrogen) atoms. The molecule has 2 N–H and O–H groups in total. The van der Waals surface area contributed by atoms with Crippen LogP contribution in [0, 0.1) is 5.21 Å². The van der Waals surface area contributed by atoms with Crippen molar-refractivity contribution in [2.75, 3.05) is 5.01 Å². The Balaban J connectivity index is 3.19. The number of hydrazine groups is 1. The van der Waals surface area contributed by atoms with Crippen LogP contribution in [-0.4, -0.2) is 26.8 Å². The molecule has 0 aliphatic carbocycles. The first kappa shape index (κ1) is 13.8. The highest BCUT2D eigenvalue weighted by Crippen LogP contribution is 2.24. The third kappa shape index (κ3) is 2.88. The Labute approximate surface area is 104 Å². The number of carbonyl (C=O) groups is 1. The van der Waals surface area contributed by atoms with E-state index >= 15 is 0 Å². The first-order chi connectivity index (χ1) is 8.27. The van der Waals surface area contributed by atoms with Crippen LogP contribution in [0.2, 0.25) is 0 Å². The van der Waals surface area contributed by atoms with E-state index in [1.807, 2.05) is 0 Å². The van der Waals surface area contributed by atoms with E-state index in [1.54, 1.807) is 20.8 Å². The summed E-state index contributed by atoms with van der Waals surface area (Å²) in [5, 5.41) is 32.6. The molecule has 0 aliphatic heterocycles. The minimum absolute atomic E-state index is 0.0514. The summed E-state index contributed by atoms with van der Waals surface area (Å²) in [4.78, 5) is 10.8. The summed E-state index contributed by atoms with van der Waals surface area (Å²) in [5.74, 6) is -1.05. The van der Waals surface area contributed by atoms with Crippen LogP contribution in [-0.2, 0) is 0 Å². The molecule has 0 radical (unpaired) electrons. The molecule has 0 fully saturated rings. The number of carboxylic acids is 1. The van der Waals surface area contributed by atoms with Crippen molar-refractivity contribution in [1.29, 1.82) is 0 Å². The van der Waals surface area contributed by atoms with Gasteiger partial charge >= 0.3 is 5.97 Å². The second kappa shape index (κ2) is 4.91. The van der Waals surface area contributed by atoms with E-state index in [2.05, 4.69) is 5.28 Å². The average Bonchev–Trinajstić information content (AvgIpc) is 2.27. The number of hydrogen-bond acceptors (Lipinski definition) is 3. The van der Waals surface area contributed by atoms with Gasteiger partial charge in [-0.25, -0.2) is 4.79 Å². The van der Waals surface area contributed by atoms with Crippen molar-refractivity contribution in [2.45, 2.75) is 26.3 Å². The second-order valence-corrected chi connectivity index (χ2v) is 4.68. The zero-order chi connectivity index (χ0) is 13.9. The molecule has 0 atom stereocenters. The van der Waals surface area contributed by atoms with Gasteiger partial charge in [0.2, 0.25) is 5.28 Å². The van der Waals surface area contributed by atoms with Crippen molar-refractivity contribution >= 4 is 11.7 Å². The van der Waals surface area contributed by atoms with Crippen molar-refractivity contribution in [1.82, 2.24) is 0 Å². The van der Waals surface area contributed by atoms with Crippen LogP contribution in [0.3, 0.4) is 0 Å². The molecule has 0 heterocycles. The fraction of sp³-hybridized carbons (Fsp3) is 0.364. The van der Waals surface area contributed by atoms with Gasteiger partial charge < -0.3 is 15.5 Å². The van der Waals surface area contributed by atoms with Gasteiger partial charge in [-0.05, 0) is 45.0 Å². The molecule has 0 amide bonds. The van der Waals surface area contributed by atoms with Crippen LogP contribution in [0.4, 0.5) is 5.69 Å². The molecule has 0 unspecified atom stereocenters. The van der Waals surface area contributed by atoms with Crippen LogP contribution in [0.25, 0.3) is 0 Å². The van der Waals surface area contributed by atoms with Gasteiger partial charge in [-0.3, -0.25) is 0 Å². The van der Waals surface area contributed by atoms with Crippen LogP contribution in [0.15, 0.2) is 29.5 Å². The summed E-state index contributed by atoms with van der Waals surface area (Å²) in [7, 11) is 0. The zero-order valence-electron chi connectivity index (χ0n) is 10.4. The summed E-state index contributed by atoms with van der Waals surface area (Å²) >= 11 is 0. The van der Waals surface area contributed by atoms with Gasteiger partial charge in [0.05, 0.1) is 16.1 Å². The smallest absolute Gasteiger partial charge is 0.335 e. The highest BCUT2D eigenvalue weighted by atomic mass is 16.6. The van der Waals surface area contributed by atoms with Crippen LogP contribution in [0.1, 0.15) is 31.1 Å². The van der Waals surface area contributed by atoms with Gasteiger partial charge in [0, 0.05) is 0 Å². The maximum atomic E-state index is 11.5. The minimum atomic E-state index is -1.05. The summed E-state index contributed by atoms with van der Waals surface area (Å²) < 4.78 is 0.